The summed E-state index contributed by atoms with van der Waals surface area (Å²) in [4.78, 5) is 4.03. The van der Waals surface area contributed by atoms with Crippen molar-refractivity contribution < 1.29 is 4.74 Å². The molecule has 0 aromatic carbocycles. The number of rotatable bonds is 3. The molecule has 0 spiro atoms. The SMILES string of the molecule is CC(C)n1cc(Oc2cccc(Cl)n2)cn1. The standard InChI is InChI=1S/C11H12ClN3O/c1-8(2)15-7-9(6-13-15)16-11-5-3-4-10(12)14-11/h3-8H,1-2H3. The summed E-state index contributed by atoms with van der Waals surface area (Å²) in [5.74, 6) is 1.12. The first-order valence-corrected chi connectivity index (χ1v) is 5.37. The van der Waals surface area contributed by atoms with E-state index >= 15 is 0 Å². The van der Waals surface area contributed by atoms with E-state index in [4.69, 9.17) is 16.3 Å². The first kappa shape index (κ1) is 11.0. The quantitative estimate of drug-likeness (QED) is 0.769. The van der Waals surface area contributed by atoms with Gasteiger partial charge in [0.15, 0.2) is 5.75 Å². The molecule has 16 heavy (non-hydrogen) atoms. The Labute approximate surface area is 98.8 Å². The van der Waals surface area contributed by atoms with E-state index in [2.05, 4.69) is 23.9 Å². The molecule has 2 rings (SSSR count). The van der Waals surface area contributed by atoms with Gasteiger partial charge in [-0.3, -0.25) is 4.68 Å². The number of nitrogens with zero attached hydrogens (tertiary/aromatic N) is 3. The smallest absolute Gasteiger partial charge is 0.220 e. The second kappa shape index (κ2) is 4.53. The highest BCUT2D eigenvalue weighted by Crippen LogP contribution is 2.20. The molecular formula is C11H12ClN3O. The van der Waals surface area contributed by atoms with Crippen LogP contribution in [0.2, 0.25) is 5.15 Å². The minimum Gasteiger partial charge on any atom is -0.436 e. The fourth-order valence-corrected chi connectivity index (χ4v) is 1.38. The van der Waals surface area contributed by atoms with Crippen LogP contribution in [-0.4, -0.2) is 14.8 Å². The van der Waals surface area contributed by atoms with Gasteiger partial charge in [-0.05, 0) is 19.9 Å². The molecule has 2 aromatic heterocycles. The highest BCUT2D eigenvalue weighted by molar-refractivity contribution is 6.29. The lowest BCUT2D eigenvalue weighted by atomic mass is 10.4. The molecule has 0 saturated heterocycles. The number of aromatic nitrogens is 3. The van der Waals surface area contributed by atoms with Crippen LogP contribution in [0.3, 0.4) is 0 Å². The fourth-order valence-electron chi connectivity index (χ4n) is 1.22. The number of hydrogen-bond acceptors (Lipinski definition) is 3. The predicted octanol–water partition coefficient (Wildman–Crippen LogP) is 3.30. The van der Waals surface area contributed by atoms with Gasteiger partial charge in [0.25, 0.3) is 0 Å². The van der Waals surface area contributed by atoms with Crippen molar-refractivity contribution in [1.29, 1.82) is 0 Å². The maximum Gasteiger partial charge on any atom is 0.220 e. The second-order valence-corrected chi connectivity index (χ2v) is 4.04. The molecule has 0 fully saturated rings. The molecule has 0 unspecified atom stereocenters. The van der Waals surface area contributed by atoms with Gasteiger partial charge in [0, 0.05) is 12.1 Å². The molecular weight excluding hydrogens is 226 g/mol. The predicted molar refractivity (Wildman–Crippen MR) is 61.9 cm³/mol. The van der Waals surface area contributed by atoms with E-state index in [0.717, 1.165) is 0 Å². The molecule has 0 atom stereocenters. The molecule has 0 radical (unpaired) electrons. The lowest BCUT2D eigenvalue weighted by Crippen LogP contribution is -1.99. The van der Waals surface area contributed by atoms with Gasteiger partial charge in [0.1, 0.15) is 5.15 Å². The first-order valence-electron chi connectivity index (χ1n) is 5.00. The minimum atomic E-state index is 0.310. The summed E-state index contributed by atoms with van der Waals surface area (Å²) < 4.78 is 7.33. The molecule has 0 N–H and O–H groups in total. The van der Waals surface area contributed by atoms with Crippen molar-refractivity contribution in [2.45, 2.75) is 19.9 Å². The Kier molecular flexibility index (Phi) is 3.10. The molecule has 0 bridgehead atoms. The van der Waals surface area contributed by atoms with Gasteiger partial charge in [0.05, 0.1) is 12.4 Å². The fraction of sp³-hybridized carbons (Fsp3) is 0.273. The average Bonchev–Trinajstić information content (AvgIpc) is 2.66. The molecule has 0 saturated carbocycles. The third-order valence-corrected chi connectivity index (χ3v) is 2.23. The summed E-state index contributed by atoms with van der Waals surface area (Å²) in [6, 6.07) is 5.55. The van der Waals surface area contributed by atoms with Crippen molar-refractivity contribution in [1.82, 2.24) is 14.8 Å². The van der Waals surface area contributed by atoms with Crippen LogP contribution in [0.5, 0.6) is 11.6 Å². The van der Waals surface area contributed by atoms with Gasteiger partial charge in [-0.15, -0.1) is 0 Å². The van der Waals surface area contributed by atoms with Crippen LogP contribution >= 0.6 is 11.6 Å². The van der Waals surface area contributed by atoms with Gasteiger partial charge >= 0.3 is 0 Å². The Hall–Kier alpha value is -1.55. The lowest BCUT2D eigenvalue weighted by Gasteiger charge is -2.03. The molecule has 4 nitrogen and oxygen atoms in total. The van der Waals surface area contributed by atoms with Crippen molar-refractivity contribution in [3.63, 3.8) is 0 Å². The van der Waals surface area contributed by atoms with Crippen LogP contribution in [0, 0.1) is 0 Å². The Morgan fingerprint density at radius 1 is 1.38 bits per heavy atom. The van der Waals surface area contributed by atoms with Crippen molar-refractivity contribution in [3.8, 4) is 11.6 Å². The van der Waals surface area contributed by atoms with Crippen LogP contribution in [0.1, 0.15) is 19.9 Å². The summed E-state index contributed by atoms with van der Waals surface area (Å²) in [5.41, 5.74) is 0. The molecule has 2 heterocycles. The summed E-state index contributed by atoms with van der Waals surface area (Å²) in [6.45, 7) is 4.10. The van der Waals surface area contributed by atoms with Crippen LogP contribution in [0.25, 0.3) is 0 Å². The zero-order valence-corrected chi connectivity index (χ0v) is 9.85. The van der Waals surface area contributed by atoms with Gasteiger partial charge in [-0.25, -0.2) is 4.98 Å². The highest BCUT2D eigenvalue weighted by Gasteiger charge is 2.04. The number of hydrogen-bond donors (Lipinski definition) is 0. The van der Waals surface area contributed by atoms with E-state index in [9.17, 15) is 0 Å². The third kappa shape index (κ3) is 2.52. The van der Waals surface area contributed by atoms with Crippen LogP contribution in [-0.2, 0) is 0 Å². The largest absolute Gasteiger partial charge is 0.436 e. The molecule has 0 aliphatic carbocycles. The Balaban J connectivity index is 2.14. The van der Waals surface area contributed by atoms with Crippen LogP contribution < -0.4 is 4.74 Å². The van der Waals surface area contributed by atoms with Crippen molar-refractivity contribution in [2.75, 3.05) is 0 Å². The van der Waals surface area contributed by atoms with Crippen molar-refractivity contribution in [3.05, 3.63) is 35.7 Å². The van der Waals surface area contributed by atoms with E-state index in [0.29, 0.717) is 22.8 Å². The van der Waals surface area contributed by atoms with Gasteiger partial charge in [-0.1, -0.05) is 17.7 Å². The van der Waals surface area contributed by atoms with E-state index in [1.165, 1.54) is 0 Å². The zero-order valence-electron chi connectivity index (χ0n) is 9.09. The Bertz CT molecular complexity index is 482. The number of halogens is 1. The minimum absolute atomic E-state index is 0.310. The van der Waals surface area contributed by atoms with E-state index in [1.807, 2.05) is 10.9 Å². The monoisotopic (exact) mass is 237 g/mol. The average molecular weight is 238 g/mol. The second-order valence-electron chi connectivity index (χ2n) is 3.65. The van der Waals surface area contributed by atoms with Crippen molar-refractivity contribution >= 4 is 11.6 Å². The molecule has 0 aliphatic heterocycles. The molecule has 2 aromatic rings. The summed E-state index contributed by atoms with van der Waals surface area (Å²) in [7, 11) is 0. The number of ether oxygens (including phenoxy) is 1. The molecule has 5 heteroatoms. The normalized spacial score (nSPS) is 10.8. The maximum atomic E-state index is 5.75. The summed E-state index contributed by atoms with van der Waals surface area (Å²) >= 11 is 5.75. The van der Waals surface area contributed by atoms with Crippen LogP contribution in [0.4, 0.5) is 0 Å². The third-order valence-electron chi connectivity index (χ3n) is 2.02. The Morgan fingerprint density at radius 2 is 2.19 bits per heavy atom. The zero-order chi connectivity index (χ0) is 11.5. The van der Waals surface area contributed by atoms with E-state index in [1.54, 1.807) is 24.4 Å². The Morgan fingerprint density at radius 3 is 2.81 bits per heavy atom. The summed E-state index contributed by atoms with van der Waals surface area (Å²) in [6.07, 6.45) is 3.48. The highest BCUT2D eigenvalue weighted by atomic mass is 35.5. The van der Waals surface area contributed by atoms with Gasteiger partial charge in [0.2, 0.25) is 5.88 Å². The molecule has 84 valence electrons. The van der Waals surface area contributed by atoms with Gasteiger partial charge < -0.3 is 4.74 Å². The van der Waals surface area contributed by atoms with E-state index < -0.39 is 0 Å². The van der Waals surface area contributed by atoms with Crippen molar-refractivity contribution in [2.24, 2.45) is 0 Å². The maximum absolute atomic E-state index is 5.75. The molecule has 0 amide bonds. The van der Waals surface area contributed by atoms with Crippen LogP contribution in [0.15, 0.2) is 30.6 Å². The summed E-state index contributed by atoms with van der Waals surface area (Å²) in [5, 5.41) is 4.58. The molecule has 0 aliphatic rings. The van der Waals surface area contributed by atoms with Gasteiger partial charge in [-0.2, -0.15) is 5.10 Å². The topological polar surface area (TPSA) is 39.9 Å². The van der Waals surface area contributed by atoms with E-state index in [-0.39, 0.29) is 0 Å². The first-order chi connectivity index (χ1) is 7.65. The lowest BCUT2D eigenvalue weighted by molar-refractivity contribution is 0.459. The number of pyridine rings is 1.